The lowest BCUT2D eigenvalue weighted by atomic mass is 10.1. The number of rotatable bonds is 9. The van der Waals surface area contributed by atoms with Gasteiger partial charge in [0.1, 0.15) is 6.04 Å². The SMILES string of the molecule is CCC(CC(=O)O)NC(=O)C(CCSC)NC(N)=O. The fourth-order valence-corrected chi connectivity index (χ4v) is 1.96. The van der Waals surface area contributed by atoms with Crippen LogP contribution < -0.4 is 16.4 Å². The Labute approximate surface area is 116 Å². The number of carbonyl (C=O) groups excluding carboxylic acids is 2. The Hall–Kier alpha value is -1.44. The molecule has 0 rings (SSSR count). The van der Waals surface area contributed by atoms with Crippen LogP contribution in [-0.4, -0.2) is 47.1 Å². The van der Waals surface area contributed by atoms with Crippen LogP contribution in [0, 0.1) is 0 Å². The predicted molar refractivity (Wildman–Crippen MR) is 74.0 cm³/mol. The number of carboxylic acids is 1. The van der Waals surface area contributed by atoms with Crippen LogP contribution in [0.3, 0.4) is 0 Å². The minimum atomic E-state index is -0.976. The number of thioether (sulfide) groups is 1. The molecule has 7 nitrogen and oxygen atoms in total. The molecule has 0 aliphatic carbocycles. The van der Waals surface area contributed by atoms with Crippen LogP contribution in [0.1, 0.15) is 26.2 Å². The van der Waals surface area contributed by atoms with Crippen molar-refractivity contribution in [3.05, 3.63) is 0 Å². The molecule has 0 aliphatic rings. The first kappa shape index (κ1) is 17.6. The molecule has 3 amide bonds. The van der Waals surface area contributed by atoms with Crippen molar-refractivity contribution in [3.63, 3.8) is 0 Å². The molecule has 0 heterocycles. The third-order valence-corrected chi connectivity index (χ3v) is 3.15. The van der Waals surface area contributed by atoms with E-state index in [0.29, 0.717) is 18.6 Å². The van der Waals surface area contributed by atoms with E-state index in [-0.39, 0.29) is 6.42 Å². The lowest BCUT2D eigenvalue weighted by Gasteiger charge is -2.21. The van der Waals surface area contributed by atoms with Crippen molar-refractivity contribution in [2.45, 2.75) is 38.3 Å². The lowest BCUT2D eigenvalue weighted by molar-refractivity contribution is -0.137. The molecule has 2 atom stereocenters. The van der Waals surface area contributed by atoms with E-state index in [1.54, 1.807) is 18.7 Å². The molecule has 0 aromatic rings. The minimum Gasteiger partial charge on any atom is -0.481 e. The maximum atomic E-state index is 12.0. The van der Waals surface area contributed by atoms with Crippen molar-refractivity contribution in [2.75, 3.05) is 12.0 Å². The summed E-state index contributed by atoms with van der Waals surface area (Å²) in [5.41, 5.74) is 5.02. The zero-order valence-corrected chi connectivity index (χ0v) is 12.0. The summed E-state index contributed by atoms with van der Waals surface area (Å²) in [5.74, 6) is -0.690. The van der Waals surface area contributed by atoms with Gasteiger partial charge in [0.25, 0.3) is 0 Å². The van der Waals surface area contributed by atoms with Gasteiger partial charge in [-0.15, -0.1) is 0 Å². The van der Waals surface area contributed by atoms with Crippen LogP contribution in [0.4, 0.5) is 4.79 Å². The highest BCUT2D eigenvalue weighted by Gasteiger charge is 2.22. The average molecular weight is 291 g/mol. The van der Waals surface area contributed by atoms with E-state index < -0.39 is 30.0 Å². The molecule has 2 unspecified atom stereocenters. The summed E-state index contributed by atoms with van der Waals surface area (Å²) in [7, 11) is 0. The Morgan fingerprint density at radius 1 is 1.32 bits per heavy atom. The fraction of sp³-hybridized carbons (Fsp3) is 0.727. The van der Waals surface area contributed by atoms with Gasteiger partial charge in [-0.1, -0.05) is 6.92 Å². The molecule has 0 aliphatic heterocycles. The number of carboxylic acid groups (broad SMARTS) is 1. The van der Waals surface area contributed by atoms with Gasteiger partial charge in [0.05, 0.1) is 6.42 Å². The third kappa shape index (κ3) is 8.30. The third-order valence-electron chi connectivity index (χ3n) is 2.50. The van der Waals surface area contributed by atoms with Gasteiger partial charge in [0.2, 0.25) is 5.91 Å². The van der Waals surface area contributed by atoms with Crippen LogP contribution in [0.25, 0.3) is 0 Å². The number of primary amides is 1. The predicted octanol–water partition coefficient (Wildman–Crippen LogP) is 0.146. The largest absolute Gasteiger partial charge is 0.481 e. The van der Waals surface area contributed by atoms with Gasteiger partial charge >= 0.3 is 12.0 Å². The molecule has 0 aromatic carbocycles. The van der Waals surface area contributed by atoms with Gasteiger partial charge in [0.15, 0.2) is 0 Å². The molecular formula is C11H21N3O4S. The number of hydrogen-bond donors (Lipinski definition) is 4. The maximum Gasteiger partial charge on any atom is 0.312 e. The highest BCUT2D eigenvalue weighted by molar-refractivity contribution is 7.98. The minimum absolute atomic E-state index is 0.145. The Bertz CT molecular complexity index is 325. The first-order chi connectivity index (χ1) is 8.90. The Morgan fingerprint density at radius 3 is 2.37 bits per heavy atom. The van der Waals surface area contributed by atoms with E-state index in [1.807, 2.05) is 6.26 Å². The van der Waals surface area contributed by atoms with E-state index >= 15 is 0 Å². The molecule has 0 aromatic heterocycles. The Kier molecular flexibility index (Phi) is 8.77. The molecule has 19 heavy (non-hydrogen) atoms. The zero-order valence-electron chi connectivity index (χ0n) is 11.1. The molecule has 0 fully saturated rings. The molecule has 0 bridgehead atoms. The van der Waals surface area contributed by atoms with Crippen molar-refractivity contribution in [2.24, 2.45) is 5.73 Å². The number of amides is 3. The molecule has 0 saturated carbocycles. The van der Waals surface area contributed by atoms with Crippen molar-refractivity contribution < 1.29 is 19.5 Å². The number of nitrogens with one attached hydrogen (secondary N) is 2. The molecular weight excluding hydrogens is 270 g/mol. The quantitative estimate of drug-likeness (QED) is 0.481. The van der Waals surface area contributed by atoms with Crippen molar-refractivity contribution in [1.82, 2.24) is 10.6 Å². The van der Waals surface area contributed by atoms with Crippen LogP contribution >= 0.6 is 11.8 Å². The number of hydrogen-bond acceptors (Lipinski definition) is 4. The lowest BCUT2D eigenvalue weighted by Crippen LogP contribution is -2.51. The first-order valence-corrected chi connectivity index (χ1v) is 7.37. The molecule has 5 N–H and O–H groups in total. The molecule has 0 saturated heterocycles. The topological polar surface area (TPSA) is 122 Å². The average Bonchev–Trinajstić information content (AvgIpc) is 2.32. The normalized spacial score (nSPS) is 13.4. The highest BCUT2D eigenvalue weighted by Crippen LogP contribution is 2.03. The van der Waals surface area contributed by atoms with E-state index in [4.69, 9.17) is 10.8 Å². The second-order valence-electron chi connectivity index (χ2n) is 4.05. The van der Waals surface area contributed by atoms with Gasteiger partial charge in [-0.2, -0.15) is 11.8 Å². The van der Waals surface area contributed by atoms with E-state index in [1.165, 1.54) is 0 Å². The van der Waals surface area contributed by atoms with Crippen LogP contribution in [0.2, 0.25) is 0 Å². The summed E-state index contributed by atoms with van der Waals surface area (Å²) >= 11 is 1.54. The Balaban J connectivity index is 4.50. The van der Waals surface area contributed by atoms with Crippen molar-refractivity contribution in [3.8, 4) is 0 Å². The number of aliphatic carboxylic acids is 1. The number of urea groups is 1. The number of nitrogens with two attached hydrogens (primary N) is 1. The standard InChI is InChI=1S/C11H21N3O4S/c1-3-7(6-9(15)16)13-10(17)8(4-5-19-2)14-11(12)18/h7-8H,3-6H2,1-2H3,(H,13,17)(H,15,16)(H3,12,14,18). The zero-order chi connectivity index (χ0) is 14.8. The first-order valence-electron chi connectivity index (χ1n) is 5.97. The number of carbonyl (C=O) groups is 3. The van der Waals surface area contributed by atoms with Crippen molar-refractivity contribution in [1.29, 1.82) is 0 Å². The van der Waals surface area contributed by atoms with E-state index in [0.717, 1.165) is 0 Å². The van der Waals surface area contributed by atoms with Crippen LogP contribution in [-0.2, 0) is 9.59 Å². The van der Waals surface area contributed by atoms with Gasteiger partial charge in [-0.3, -0.25) is 9.59 Å². The summed E-state index contributed by atoms with van der Waals surface area (Å²) in [6, 6.07) is -1.95. The summed E-state index contributed by atoms with van der Waals surface area (Å²) in [5, 5.41) is 13.7. The van der Waals surface area contributed by atoms with Gasteiger partial charge in [-0.25, -0.2) is 4.79 Å². The van der Waals surface area contributed by atoms with E-state index in [9.17, 15) is 14.4 Å². The van der Waals surface area contributed by atoms with Crippen molar-refractivity contribution >= 4 is 29.7 Å². The monoisotopic (exact) mass is 291 g/mol. The second-order valence-corrected chi connectivity index (χ2v) is 5.04. The molecule has 110 valence electrons. The van der Waals surface area contributed by atoms with Crippen LogP contribution in [0.15, 0.2) is 0 Å². The Morgan fingerprint density at radius 2 is 1.95 bits per heavy atom. The highest BCUT2D eigenvalue weighted by atomic mass is 32.2. The fourth-order valence-electron chi connectivity index (χ4n) is 1.49. The van der Waals surface area contributed by atoms with Gasteiger partial charge < -0.3 is 21.5 Å². The smallest absolute Gasteiger partial charge is 0.312 e. The van der Waals surface area contributed by atoms with Gasteiger partial charge in [0, 0.05) is 6.04 Å². The summed E-state index contributed by atoms with van der Waals surface area (Å²) in [4.78, 5) is 33.4. The van der Waals surface area contributed by atoms with Gasteiger partial charge in [-0.05, 0) is 24.9 Å². The molecule has 0 radical (unpaired) electrons. The second kappa shape index (κ2) is 9.48. The summed E-state index contributed by atoms with van der Waals surface area (Å²) in [6.45, 7) is 1.78. The molecule has 0 spiro atoms. The molecule has 8 heteroatoms. The maximum absolute atomic E-state index is 12.0. The summed E-state index contributed by atoms with van der Waals surface area (Å²) in [6.07, 6.45) is 2.69. The van der Waals surface area contributed by atoms with E-state index in [2.05, 4.69) is 10.6 Å². The summed E-state index contributed by atoms with van der Waals surface area (Å²) < 4.78 is 0. The van der Waals surface area contributed by atoms with Crippen LogP contribution in [0.5, 0.6) is 0 Å².